The molecule has 3 aromatic rings. The van der Waals surface area contributed by atoms with Gasteiger partial charge in [0.1, 0.15) is 5.82 Å². The smallest absolute Gasteiger partial charge is 0.311 e. The Kier molecular flexibility index (Phi) is 5.95. The molecule has 8 heteroatoms. The number of hydrogen-bond acceptors (Lipinski definition) is 5. The van der Waals surface area contributed by atoms with E-state index in [0.29, 0.717) is 23.9 Å². The molecule has 142 valence electrons. The van der Waals surface area contributed by atoms with Crippen molar-refractivity contribution in [2.45, 2.75) is 38.8 Å². The summed E-state index contributed by atoms with van der Waals surface area (Å²) in [6.45, 7) is 6.43. The molecule has 27 heavy (non-hydrogen) atoms. The van der Waals surface area contributed by atoms with Gasteiger partial charge in [0, 0.05) is 29.6 Å². The number of aromatic nitrogens is 5. The van der Waals surface area contributed by atoms with Crippen LogP contribution in [0.4, 0.5) is 0 Å². The van der Waals surface area contributed by atoms with E-state index in [4.69, 9.17) is 0 Å². The number of nitrogens with zero attached hydrogens (tertiary/aromatic N) is 3. The SMILES string of the molecule is Cc1cccc(-n2c(Cc3cc(=O)[nH]c(=O)[nH]3)nnc2SCCC(C)C)c1. The van der Waals surface area contributed by atoms with Crippen molar-refractivity contribution in [2.75, 3.05) is 5.75 Å². The first-order valence-corrected chi connectivity index (χ1v) is 9.87. The van der Waals surface area contributed by atoms with E-state index in [0.717, 1.165) is 28.6 Å². The zero-order chi connectivity index (χ0) is 19.4. The largest absolute Gasteiger partial charge is 0.325 e. The third-order valence-corrected chi connectivity index (χ3v) is 5.01. The molecule has 2 aromatic heterocycles. The molecular formula is C19H23N5O2S. The average molecular weight is 385 g/mol. The minimum absolute atomic E-state index is 0.310. The second-order valence-electron chi connectivity index (χ2n) is 6.89. The maximum absolute atomic E-state index is 11.6. The number of benzene rings is 1. The van der Waals surface area contributed by atoms with Crippen LogP contribution in [0.25, 0.3) is 5.69 Å². The number of hydrogen-bond donors (Lipinski definition) is 2. The summed E-state index contributed by atoms with van der Waals surface area (Å²) >= 11 is 1.66. The topological polar surface area (TPSA) is 96.4 Å². The van der Waals surface area contributed by atoms with Gasteiger partial charge >= 0.3 is 5.69 Å². The van der Waals surface area contributed by atoms with E-state index in [1.807, 2.05) is 29.7 Å². The first-order chi connectivity index (χ1) is 12.9. The number of H-pyrrole nitrogens is 2. The van der Waals surface area contributed by atoms with Crippen molar-refractivity contribution in [3.8, 4) is 5.69 Å². The molecule has 7 nitrogen and oxygen atoms in total. The summed E-state index contributed by atoms with van der Waals surface area (Å²) in [5, 5.41) is 9.50. The third-order valence-electron chi connectivity index (χ3n) is 4.05. The first-order valence-electron chi connectivity index (χ1n) is 8.89. The van der Waals surface area contributed by atoms with Crippen LogP contribution in [0.5, 0.6) is 0 Å². The Hall–Kier alpha value is -2.61. The molecule has 0 saturated carbocycles. The van der Waals surface area contributed by atoms with Crippen molar-refractivity contribution >= 4 is 11.8 Å². The minimum Gasteiger partial charge on any atom is -0.311 e. The Morgan fingerprint density at radius 2 is 1.96 bits per heavy atom. The third kappa shape index (κ3) is 4.97. The Balaban J connectivity index is 1.98. The molecule has 0 spiro atoms. The predicted octanol–water partition coefficient (Wildman–Crippen LogP) is 2.68. The summed E-state index contributed by atoms with van der Waals surface area (Å²) in [7, 11) is 0. The molecule has 0 atom stereocenters. The Morgan fingerprint density at radius 1 is 1.15 bits per heavy atom. The minimum atomic E-state index is -0.523. The van der Waals surface area contributed by atoms with Crippen molar-refractivity contribution in [3.05, 3.63) is 68.3 Å². The summed E-state index contributed by atoms with van der Waals surface area (Å²) in [6, 6.07) is 9.48. The molecule has 0 aliphatic carbocycles. The van der Waals surface area contributed by atoms with Crippen LogP contribution in [-0.4, -0.2) is 30.5 Å². The summed E-state index contributed by atoms with van der Waals surface area (Å²) in [6.07, 6.45) is 1.40. The molecule has 0 aliphatic rings. The van der Waals surface area contributed by atoms with E-state index in [1.54, 1.807) is 11.8 Å². The summed E-state index contributed by atoms with van der Waals surface area (Å²) in [4.78, 5) is 28.0. The number of aromatic amines is 2. The number of nitrogens with one attached hydrogen (secondary N) is 2. The molecule has 0 amide bonds. The Labute approximate surface area is 161 Å². The van der Waals surface area contributed by atoms with Gasteiger partial charge in [0.25, 0.3) is 5.56 Å². The fraction of sp³-hybridized carbons (Fsp3) is 0.368. The first kappa shape index (κ1) is 19.2. The van der Waals surface area contributed by atoms with Gasteiger partial charge in [-0.15, -0.1) is 10.2 Å². The normalized spacial score (nSPS) is 11.3. The number of rotatable bonds is 7. The van der Waals surface area contributed by atoms with Crippen LogP contribution in [-0.2, 0) is 6.42 Å². The number of aryl methyl sites for hydroxylation is 1. The lowest BCUT2D eigenvalue weighted by Crippen LogP contribution is -2.23. The highest BCUT2D eigenvalue weighted by molar-refractivity contribution is 7.99. The maximum atomic E-state index is 11.6. The monoisotopic (exact) mass is 385 g/mol. The van der Waals surface area contributed by atoms with Crippen LogP contribution >= 0.6 is 11.8 Å². The van der Waals surface area contributed by atoms with E-state index >= 15 is 0 Å². The molecule has 0 aliphatic heterocycles. The molecule has 0 unspecified atom stereocenters. The fourth-order valence-corrected chi connectivity index (χ4v) is 3.92. The van der Waals surface area contributed by atoms with Gasteiger partial charge in [0.2, 0.25) is 0 Å². The van der Waals surface area contributed by atoms with E-state index in [1.165, 1.54) is 6.07 Å². The highest BCUT2D eigenvalue weighted by Gasteiger charge is 2.16. The fourth-order valence-electron chi connectivity index (χ4n) is 2.71. The standard InChI is InChI=1S/C19H23N5O2S/c1-12(2)7-8-27-19-23-22-16(10-14-11-17(25)21-18(26)20-14)24(19)15-6-4-5-13(3)9-15/h4-6,9,11-12H,7-8,10H2,1-3H3,(H2,20,21,25,26). The van der Waals surface area contributed by atoms with Crippen LogP contribution in [0.1, 0.15) is 37.4 Å². The van der Waals surface area contributed by atoms with Crippen molar-refractivity contribution < 1.29 is 0 Å². The molecule has 2 N–H and O–H groups in total. The highest BCUT2D eigenvalue weighted by atomic mass is 32.2. The van der Waals surface area contributed by atoms with Gasteiger partial charge in [0.15, 0.2) is 5.16 Å². The van der Waals surface area contributed by atoms with Gasteiger partial charge in [-0.2, -0.15) is 0 Å². The van der Waals surface area contributed by atoms with E-state index < -0.39 is 11.2 Å². The van der Waals surface area contributed by atoms with E-state index in [-0.39, 0.29) is 0 Å². The van der Waals surface area contributed by atoms with E-state index in [2.05, 4.69) is 40.1 Å². The summed E-state index contributed by atoms with van der Waals surface area (Å²) in [5.74, 6) is 2.24. The molecule has 3 rings (SSSR count). The van der Waals surface area contributed by atoms with Crippen molar-refractivity contribution in [2.24, 2.45) is 5.92 Å². The zero-order valence-corrected chi connectivity index (χ0v) is 16.5. The molecule has 0 fully saturated rings. The van der Waals surface area contributed by atoms with Crippen molar-refractivity contribution in [1.82, 2.24) is 24.7 Å². The summed E-state index contributed by atoms with van der Waals surface area (Å²) in [5.41, 5.74) is 1.65. The van der Waals surface area contributed by atoms with Gasteiger partial charge in [-0.3, -0.25) is 14.3 Å². The molecular weight excluding hydrogens is 362 g/mol. The summed E-state index contributed by atoms with van der Waals surface area (Å²) < 4.78 is 2.00. The lowest BCUT2D eigenvalue weighted by atomic mass is 10.2. The zero-order valence-electron chi connectivity index (χ0n) is 15.7. The van der Waals surface area contributed by atoms with Gasteiger partial charge < -0.3 is 4.98 Å². The van der Waals surface area contributed by atoms with Gasteiger partial charge in [0.05, 0.1) is 0 Å². The molecule has 0 bridgehead atoms. The molecule has 0 radical (unpaired) electrons. The van der Waals surface area contributed by atoms with Crippen molar-refractivity contribution in [1.29, 1.82) is 0 Å². The molecule has 1 aromatic carbocycles. The highest BCUT2D eigenvalue weighted by Crippen LogP contribution is 2.25. The van der Waals surface area contributed by atoms with Crippen LogP contribution < -0.4 is 11.2 Å². The van der Waals surface area contributed by atoms with Crippen LogP contribution in [0.3, 0.4) is 0 Å². The number of thioether (sulfide) groups is 1. The lowest BCUT2D eigenvalue weighted by Gasteiger charge is -2.11. The van der Waals surface area contributed by atoms with Crippen molar-refractivity contribution in [3.63, 3.8) is 0 Å². The predicted molar refractivity (Wildman–Crippen MR) is 107 cm³/mol. The van der Waals surface area contributed by atoms with E-state index in [9.17, 15) is 9.59 Å². The lowest BCUT2D eigenvalue weighted by molar-refractivity contribution is 0.631. The Morgan fingerprint density at radius 3 is 2.67 bits per heavy atom. The Bertz CT molecular complexity index is 1010. The maximum Gasteiger partial charge on any atom is 0.325 e. The molecule has 2 heterocycles. The van der Waals surface area contributed by atoms with Crippen LogP contribution in [0.2, 0.25) is 0 Å². The van der Waals surface area contributed by atoms with Gasteiger partial charge in [-0.1, -0.05) is 37.7 Å². The second-order valence-corrected chi connectivity index (χ2v) is 7.96. The quantitative estimate of drug-likeness (QED) is 0.610. The van der Waals surface area contributed by atoms with Gasteiger partial charge in [-0.05, 0) is 37.0 Å². The second kappa shape index (κ2) is 8.39. The average Bonchev–Trinajstić information content (AvgIpc) is 2.96. The van der Waals surface area contributed by atoms with Crippen LogP contribution in [0, 0.1) is 12.8 Å². The molecule has 0 saturated heterocycles. The van der Waals surface area contributed by atoms with Crippen LogP contribution in [0.15, 0.2) is 45.1 Å². The van der Waals surface area contributed by atoms with Gasteiger partial charge in [-0.25, -0.2) is 4.79 Å².